The summed E-state index contributed by atoms with van der Waals surface area (Å²) in [6.45, 7) is 18.5. The van der Waals surface area contributed by atoms with Gasteiger partial charge in [0.25, 0.3) is 0 Å². The molecule has 0 aliphatic heterocycles. The lowest BCUT2D eigenvalue weighted by atomic mass is 10.2. The molecule has 0 aliphatic rings. The Kier molecular flexibility index (Phi) is 23.2. The quantitative estimate of drug-likeness (QED) is 0.427. The first kappa shape index (κ1) is 30.5. The summed E-state index contributed by atoms with van der Waals surface area (Å²) >= 11 is 0. The number of ether oxygens (including phenoxy) is 1. The second-order valence-corrected chi connectivity index (χ2v) is 5.83. The molecule has 4 heteroatoms. The van der Waals surface area contributed by atoms with Crippen molar-refractivity contribution in [1.29, 1.82) is 0 Å². The van der Waals surface area contributed by atoms with Gasteiger partial charge in [0, 0.05) is 18.6 Å². The summed E-state index contributed by atoms with van der Waals surface area (Å²) in [5.41, 5.74) is 2.03. The molecular weight excluding hydrogens is 382 g/mol. The number of pyridine rings is 2. The van der Waals surface area contributed by atoms with E-state index in [1.54, 1.807) is 18.6 Å². The molecule has 172 valence electrons. The molecule has 1 N–H and O–H groups in total. The lowest BCUT2D eigenvalue weighted by molar-refractivity contribution is 0.472. The number of aryl methyl sites for hydroxylation is 2. The van der Waals surface area contributed by atoms with Crippen LogP contribution in [0.3, 0.4) is 0 Å². The van der Waals surface area contributed by atoms with Crippen molar-refractivity contribution in [2.24, 2.45) is 0 Å². The number of hydrogen-bond donors (Lipinski definition) is 1. The molecule has 31 heavy (non-hydrogen) atoms. The number of rotatable bonds is 5. The second kappa shape index (κ2) is 23.6. The predicted molar refractivity (Wildman–Crippen MR) is 136 cm³/mol. The fourth-order valence-corrected chi connectivity index (χ4v) is 2.03. The molecule has 0 spiro atoms. The van der Waals surface area contributed by atoms with Crippen LogP contribution in [0, 0.1) is 13.8 Å². The van der Waals surface area contributed by atoms with E-state index >= 15 is 0 Å². The minimum atomic E-state index is 0.812. The first-order chi connectivity index (χ1) is 15.2. The monoisotopic (exact) mass is 425 g/mol. The number of para-hydroxylation sites is 1. The van der Waals surface area contributed by atoms with Crippen LogP contribution in [0.25, 0.3) is 0 Å². The SMILES string of the molecule is CC.CC.CCCNCC.Cc1ccccc1Oc1cccnc1C.c1ccncc1. The highest BCUT2D eigenvalue weighted by Crippen LogP contribution is 2.25. The molecule has 0 saturated heterocycles. The highest BCUT2D eigenvalue weighted by Gasteiger charge is 2.02. The van der Waals surface area contributed by atoms with E-state index in [1.807, 2.05) is 96.1 Å². The molecule has 0 radical (unpaired) electrons. The third-order valence-corrected chi connectivity index (χ3v) is 3.52. The number of nitrogens with one attached hydrogen (secondary N) is 1. The Bertz CT molecular complexity index is 659. The summed E-state index contributed by atoms with van der Waals surface area (Å²) in [6.07, 6.45) is 6.51. The van der Waals surface area contributed by atoms with Gasteiger partial charge in [0.1, 0.15) is 11.5 Å². The first-order valence-corrected chi connectivity index (χ1v) is 11.4. The van der Waals surface area contributed by atoms with Crippen LogP contribution in [0.4, 0.5) is 0 Å². The van der Waals surface area contributed by atoms with Gasteiger partial charge in [-0.2, -0.15) is 0 Å². The maximum Gasteiger partial charge on any atom is 0.148 e. The van der Waals surface area contributed by atoms with Gasteiger partial charge in [-0.3, -0.25) is 9.97 Å². The zero-order valence-electron chi connectivity index (χ0n) is 20.9. The zero-order chi connectivity index (χ0) is 23.7. The van der Waals surface area contributed by atoms with Crippen LogP contribution in [0.5, 0.6) is 11.5 Å². The zero-order valence-corrected chi connectivity index (χ0v) is 20.9. The van der Waals surface area contributed by atoms with Gasteiger partial charge >= 0.3 is 0 Å². The van der Waals surface area contributed by atoms with Crippen molar-refractivity contribution in [3.05, 3.63) is 84.4 Å². The Balaban J connectivity index is 0. The van der Waals surface area contributed by atoms with Crippen LogP contribution >= 0.6 is 0 Å². The smallest absolute Gasteiger partial charge is 0.148 e. The van der Waals surface area contributed by atoms with Crippen LogP contribution in [0.1, 0.15) is 59.2 Å². The average molecular weight is 426 g/mol. The molecular formula is C27H43N3O. The van der Waals surface area contributed by atoms with E-state index in [4.69, 9.17) is 4.74 Å². The van der Waals surface area contributed by atoms with Crippen molar-refractivity contribution in [3.8, 4) is 11.5 Å². The average Bonchev–Trinajstić information content (AvgIpc) is 2.85. The third-order valence-electron chi connectivity index (χ3n) is 3.52. The molecule has 0 unspecified atom stereocenters. The molecule has 0 amide bonds. The van der Waals surface area contributed by atoms with Gasteiger partial charge in [-0.1, -0.05) is 65.8 Å². The summed E-state index contributed by atoms with van der Waals surface area (Å²) in [4.78, 5) is 7.96. The van der Waals surface area contributed by atoms with Gasteiger partial charge in [0.2, 0.25) is 0 Å². The second-order valence-electron chi connectivity index (χ2n) is 5.83. The van der Waals surface area contributed by atoms with E-state index in [0.29, 0.717) is 0 Å². The van der Waals surface area contributed by atoms with Gasteiger partial charge in [0.05, 0.1) is 5.69 Å². The summed E-state index contributed by atoms with van der Waals surface area (Å²) in [6, 6.07) is 17.5. The number of aromatic nitrogens is 2. The Labute approximate surface area is 191 Å². The Hall–Kier alpha value is -2.72. The van der Waals surface area contributed by atoms with Crippen LogP contribution < -0.4 is 10.1 Å². The number of nitrogens with zero attached hydrogens (tertiary/aromatic N) is 2. The molecule has 0 atom stereocenters. The molecule has 0 aliphatic carbocycles. The van der Waals surface area contributed by atoms with E-state index in [1.165, 1.54) is 6.42 Å². The minimum Gasteiger partial charge on any atom is -0.455 e. The minimum absolute atomic E-state index is 0.812. The highest BCUT2D eigenvalue weighted by molar-refractivity contribution is 5.37. The van der Waals surface area contributed by atoms with Crippen LogP contribution in [0.2, 0.25) is 0 Å². The van der Waals surface area contributed by atoms with Crippen molar-refractivity contribution in [1.82, 2.24) is 15.3 Å². The first-order valence-electron chi connectivity index (χ1n) is 11.4. The molecule has 0 bridgehead atoms. The fourth-order valence-electron chi connectivity index (χ4n) is 2.03. The van der Waals surface area contributed by atoms with E-state index in [0.717, 1.165) is 35.8 Å². The molecule has 4 nitrogen and oxygen atoms in total. The normalized spacial score (nSPS) is 8.52. The largest absolute Gasteiger partial charge is 0.455 e. The maximum atomic E-state index is 5.78. The third kappa shape index (κ3) is 16.7. The van der Waals surface area contributed by atoms with Crippen LogP contribution in [-0.2, 0) is 0 Å². The van der Waals surface area contributed by atoms with E-state index < -0.39 is 0 Å². The standard InChI is InChI=1S/C13H13NO.C5H5N.C5H13N.2C2H6/c1-10-6-3-4-7-12(10)15-13-8-5-9-14-11(13)2;1-2-4-6-5-3-1;1-3-5-6-4-2;2*1-2/h3-9H,1-2H3;1-5H;6H,3-5H2,1-2H3;2*1-2H3. The van der Waals surface area contributed by atoms with Crippen molar-refractivity contribution in [2.75, 3.05) is 13.1 Å². The van der Waals surface area contributed by atoms with E-state index in [9.17, 15) is 0 Å². The number of benzene rings is 1. The van der Waals surface area contributed by atoms with E-state index in [2.05, 4.69) is 29.1 Å². The molecule has 0 fully saturated rings. The van der Waals surface area contributed by atoms with Gasteiger partial charge in [0.15, 0.2) is 0 Å². The lowest BCUT2D eigenvalue weighted by Gasteiger charge is -2.09. The van der Waals surface area contributed by atoms with Gasteiger partial charge in [-0.25, -0.2) is 0 Å². The molecule has 2 heterocycles. The fraction of sp³-hybridized carbons (Fsp3) is 0.407. The van der Waals surface area contributed by atoms with Crippen LogP contribution in [-0.4, -0.2) is 23.1 Å². The molecule has 3 aromatic rings. The Morgan fingerprint density at radius 1 is 0.742 bits per heavy atom. The van der Waals surface area contributed by atoms with Crippen molar-refractivity contribution < 1.29 is 4.74 Å². The van der Waals surface area contributed by atoms with Gasteiger partial charge < -0.3 is 10.1 Å². The maximum absolute atomic E-state index is 5.78. The highest BCUT2D eigenvalue weighted by atomic mass is 16.5. The lowest BCUT2D eigenvalue weighted by Crippen LogP contribution is -2.12. The summed E-state index contributed by atoms with van der Waals surface area (Å²) in [7, 11) is 0. The Morgan fingerprint density at radius 2 is 1.35 bits per heavy atom. The summed E-state index contributed by atoms with van der Waals surface area (Å²) in [5.74, 6) is 1.69. The van der Waals surface area contributed by atoms with Gasteiger partial charge in [-0.15, -0.1) is 0 Å². The summed E-state index contributed by atoms with van der Waals surface area (Å²) < 4.78 is 5.78. The number of hydrogen-bond acceptors (Lipinski definition) is 4. The van der Waals surface area contributed by atoms with Crippen molar-refractivity contribution >= 4 is 0 Å². The summed E-state index contributed by atoms with van der Waals surface area (Å²) in [5, 5.41) is 3.20. The molecule has 3 rings (SSSR count). The molecule has 0 saturated carbocycles. The van der Waals surface area contributed by atoms with Crippen molar-refractivity contribution in [2.45, 2.75) is 61.8 Å². The van der Waals surface area contributed by atoms with Crippen molar-refractivity contribution in [3.63, 3.8) is 0 Å². The predicted octanol–water partition coefficient (Wildman–Crippen LogP) is 7.63. The topological polar surface area (TPSA) is 47.0 Å². The van der Waals surface area contributed by atoms with Gasteiger partial charge in [-0.05, 0) is 69.3 Å². The van der Waals surface area contributed by atoms with Crippen LogP contribution in [0.15, 0.2) is 73.2 Å². The molecule has 1 aromatic carbocycles. The van der Waals surface area contributed by atoms with E-state index in [-0.39, 0.29) is 0 Å². The molecule has 2 aromatic heterocycles. The Morgan fingerprint density at radius 3 is 1.77 bits per heavy atom.